The molecule has 0 radical (unpaired) electrons. The summed E-state index contributed by atoms with van der Waals surface area (Å²) in [6.07, 6.45) is 4.21. The van der Waals surface area contributed by atoms with Crippen molar-refractivity contribution in [1.29, 1.82) is 0 Å². The standard InChI is InChI=1S/C21H23F2N5O3/c1-20(12-29)9-13-7-15(27-19(30)14(10-24)18-25-4-2-5-26-18)16(8-17(13)31-20)28-6-3-21(22,23)11-28/h2,4-5,7-8,10,29H,3,6,9,11-12,24H2,1H3,(H,27,30)/t20-/m1/s1. The second-order valence-corrected chi connectivity index (χ2v) is 8.00. The van der Waals surface area contributed by atoms with Gasteiger partial charge in [0.15, 0.2) is 5.82 Å². The van der Waals surface area contributed by atoms with Crippen molar-refractivity contribution in [3.63, 3.8) is 0 Å². The van der Waals surface area contributed by atoms with E-state index in [-0.39, 0.29) is 31.0 Å². The van der Waals surface area contributed by atoms with Crippen molar-refractivity contribution in [2.45, 2.75) is 31.3 Å². The van der Waals surface area contributed by atoms with Crippen molar-refractivity contribution in [1.82, 2.24) is 9.97 Å². The molecule has 2 aliphatic heterocycles. The third kappa shape index (κ3) is 4.15. The van der Waals surface area contributed by atoms with E-state index >= 15 is 0 Å². The molecule has 1 saturated heterocycles. The van der Waals surface area contributed by atoms with Gasteiger partial charge in [0.05, 0.1) is 30.1 Å². The zero-order valence-electron chi connectivity index (χ0n) is 16.9. The van der Waals surface area contributed by atoms with Crippen molar-refractivity contribution < 1.29 is 23.4 Å². The smallest absolute Gasteiger partial charge is 0.266 e. The van der Waals surface area contributed by atoms with E-state index in [0.29, 0.717) is 23.5 Å². The number of aromatic nitrogens is 2. The Hall–Kier alpha value is -3.27. The number of hydrogen-bond donors (Lipinski definition) is 3. The second kappa shape index (κ2) is 7.77. The highest BCUT2D eigenvalue weighted by Crippen LogP contribution is 2.43. The lowest BCUT2D eigenvalue weighted by Gasteiger charge is -2.23. The predicted molar refractivity (Wildman–Crippen MR) is 111 cm³/mol. The quantitative estimate of drug-likeness (QED) is 0.620. The van der Waals surface area contributed by atoms with Gasteiger partial charge in [0, 0.05) is 49.6 Å². The number of aliphatic hydroxyl groups excluding tert-OH is 1. The summed E-state index contributed by atoms with van der Waals surface area (Å²) in [5, 5.41) is 12.4. The van der Waals surface area contributed by atoms with Crippen LogP contribution in [0.5, 0.6) is 5.75 Å². The SMILES string of the molecule is C[C@]1(CO)Cc2cc(NC(=O)C(=CN)c3ncccn3)c(N3CCC(F)(F)C3)cc2O1. The van der Waals surface area contributed by atoms with Gasteiger partial charge in [-0.15, -0.1) is 0 Å². The molecule has 1 atom stereocenters. The molecular formula is C21H23F2N5O3. The number of nitrogens with zero attached hydrogens (tertiary/aromatic N) is 3. The first kappa shape index (κ1) is 21.0. The fraction of sp³-hybridized carbons (Fsp3) is 0.381. The van der Waals surface area contributed by atoms with Crippen LogP contribution in [0.25, 0.3) is 5.57 Å². The minimum atomic E-state index is -2.82. The molecule has 0 aliphatic carbocycles. The molecule has 1 amide bonds. The van der Waals surface area contributed by atoms with Gasteiger partial charge in [-0.05, 0) is 19.1 Å². The van der Waals surface area contributed by atoms with E-state index in [1.807, 2.05) is 0 Å². The summed E-state index contributed by atoms with van der Waals surface area (Å²) in [5.41, 5.74) is 6.40. The van der Waals surface area contributed by atoms with Crippen LogP contribution in [-0.2, 0) is 11.2 Å². The molecule has 31 heavy (non-hydrogen) atoms. The lowest BCUT2D eigenvalue weighted by molar-refractivity contribution is -0.111. The summed E-state index contributed by atoms with van der Waals surface area (Å²) in [5.74, 6) is -2.74. The molecule has 4 N–H and O–H groups in total. The summed E-state index contributed by atoms with van der Waals surface area (Å²) in [6.45, 7) is 1.23. The van der Waals surface area contributed by atoms with Gasteiger partial charge in [-0.2, -0.15) is 0 Å². The van der Waals surface area contributed by atoms with E-state index in [0.717, 1.165) is 11.8 Å². The van der Waals surface area contributed by atoms with Gasteiger partial charge in [-0.3, -0.25) is 4.79 Å². The number of halogens is 2. The molecule has 0 saturated carbocycles. The number of anilines is 2. The Bertz CT molecular complexity index is 1030. The maximum Gasteiger partial charge on any atom is 0.266 e. The van der Waals surface area contributed by atoms with Gasteiger partial charge < -0.3 is 25.8 Å². The highest BCUT2D eigenvalue weighted by Gasteiger charge is 2.41. The number of hydrogen-bond acceptors (Lipinski definition) is 7. The van der Waals surface area contributed by atoms with Gasteiger partial charge in [-0.1, -0.05) is 0 Å². The molecule has 8 nitrogen and oxygen atoms in total. The molecule has 0 unspecified atom stereocenters. The number of carbonyl (C=O) groups excluding carboxylic acids is 1. The van der Waals surface area contributed by atoms with Crippen LogP contribution in [0.1, 0.15) is 24.7 Å². The number of aliphatic hydroxyl groups is 1. The summed E-state index contributed by atoms with van der Waals surface area (Å²) in [6, 6.07) is 4.94. The monoisotopic (exact) mass is 431 g/mol. The van der Waals surface area contributed by atoms with Crippen LogP contribution in [-0.4, -0.2) is 52.2 Å². The Balaban J connectivity index is 1.69. The van der Waals surface area contributed by atoms with E-state index in [9.17, 15) is 18.7 Å². The predicted octanol–water partition coefficient (Wildman–Crippen LogP) is 1.95. The number of benzene rings is 1. The second-order valence-electron chi connectivity index (χ2n) is 8.00. The number of fused-ring (bicyclic) bond motifs is 1. The van der Waals surface area contributed by atoms with Gasteiger partial charge in [0.25, 0.3) is 11.8 Å². The average Bonchev–Trinajstić information content (AvgIpc) is 3.27. The number of nitrogens with one attached hydrogen (secondary N) is 1. The average molecular weight is 431 g/mol. The van der Waals surface area contributed by atoms with E-state index in [2.05, 4.69) is 15.3 Å². The maximum atomic E-state index is 13.9. The first-order valence-corrected chi connectivity index (χ1v) is 9.84. The Labute approximate surface area is 177 Å². The van der Waals surface area contributed by atoms with Crippen LogP contribution in [0.15, 0.2) is 36.8 Å². The Morgan fingerprint density at radius 3 is 2.74 bits per heavy atom. The van der Waals surface area contributed by atoms with Gasteiger partial charge in [0.2, 0.25) is 0 Å². The van der Waals surface area contributed by atoms with Crippen LogP contribution in [0.4, 0.5) is 20.2 Å². The first-order valence-electron chi connectivity index (χ1n) is 9.84. The molecule has 1 aromatic heterocycles. The fourth-order valence-corrected chi connectivity index (χ4v) is 3.82. The van der Waals surface area contributed by atoms with Crippen molar-refractivity contribution in [2.75, 3.05) is 29.9 Å². The number of amides is 1. The van der Waals surface area contributed by atoms with Crippen molar-refractivity contribution in [3.05, 3.63) is 48.2 Å². The van der Waals surface area contributed by atoms with Crippen molar-refractivity contribution in [2.24, 2.45) is 5.73 Å². The third-order valence-corrected chi connectivity index (χ3v) is 5.41. The summed E-state index contributed by atoms with van der Waals surface area (Å²) >= 11 is 0. The van der Waals surface area contributed by atoms with Crippen molar-refractivity contribution in [3.8, 4) is 5.75 Å². The van der Waals surface area contributed by atoms with Gasteiger partial charge in [0.1, 0.15) is 11.4 Å². The minimum Gasteiger partial charge on any atom is -0.484 e. The van der Waals surface area contributed by atoms with E-state index < -0.39 is 24.0 Å². The Morgan fingerprint density at radius 2 is 2.13 bits per heavy atom. The molecular weight excluding hydrogens is 408 g/mol. The molecule has 1 fully saturated rings. The summed E-state index contributed by atoms with van der Waals surface area (Å²) in [4.78, 5) is 22.5. The highest BCUT2D eigenvalue weighted by molar-refractivity contribution is 6.24. The highest BCUT2D eigenvalue weighted by atomic mass is 19.3. The summed E-state index contributed by atoms with van der Waals surface area (Å²) < 4.78 is 33.7. The van der Waals surface area contributed by atoms with Crippen LogP contribution in [0, 0.1) is 0 Å². The van der Waals surface area contributed by atoms with E-state index in [1.165, 1.54) is 17.3 Å². The molecule has 1 aromatic carbocycles. The molecule has 3 heterocycles. The lowest BCUT2D eigenvalue weighted by Crippen LogP contribution is -2.34. The molecule has 2 aromatic rings. The summed E-state index contributed by atoms with van der Waals surface area (Å²) in [7, 11) is 0. The van der Waals surface area contributed by atoms with Crippen LogP contribution >= 0.6 is 0 Å². The van der Waals surface area contributed by atoms with Crippen LogP contribution in [0.2, 0.25) is 0 Å². The minimum absolute atomic E-state index is 0.0512. The van der Waals surface area contributed by atoms with Crippen LogP contribution in [0.3, 0.4) is 0 Å². The maximum absolute atomic E-state index is 13.9. The molecule has 164 valence electrons. The largest absolute Gasteiger partial charge is 0.484 e. The zero-order valence-corrected chi connectivity index (χ0v) is 16.9. The number of carbonyl (C=O) groups is 1. The number of rotatable bonds is 5. The fourth-order valence-electron chi connectivity index (χ4n) is 3.82. The van der Waals surface area contributed by atoms with Crippen LogP contribution < -0.4 is 20.7 Å². The molecule has 0 spiro atoms. The number of nitrogens with two attached hydrogens (primary N) is 1. The zero-order chi connectivity index (χ0) is 22.2. The Morgan fingerprint density at radius 1 is 1.39 bits per heavy atom. The lowest BCUT2D eigenvalue weighted by atomic mass is 9.99. The van der Waals surface area contributed by atoms with Gasteiger partial charge >= 0.3 is 0 Å². The number of alkyl halides is 2. The Kier molecular flexibility index (Phi) is 5.26. The molecule has 2 aliphatic rings. The molecule has 4 rings (SSSR count). The third-order valence-electron chi connectivity index (χ3n) is 5.41. The topological polar surface area (TPSA) is 114 Å². The number of ether oxygens (including phenoxy) is 1. The van der Waals surface area contributed by atoms with E-state index in [4.69, 9.17) is 10.5 Å². The molecule has 0 bridgehead atoms. The first-order chi connectivity index (χ1) is 14.7. The normalized spacial score (nSPS) is 22.2. The van der Waals surface area contributed by atoms with Gasteiger partial charge in [-0.25, -0.2) is 18.7 Å². The van der Waals surface area contributed by atoms with Crippen molar-refractivity contribution >= 4 is 22.9 Å². The molecule has 10 heteroatoms. The van der Waals surface area contributed by atoms with E-state index in [1.54, 1.807) is 25.1 Å².